The summed E-state index contributed by atoms with van der Waals surface area (Å²) in [7, 11) is 1.33. The van der Waals surface area contributed by atoms with Crippen molar-refractivity contribution in [3.8, 4) is 0 Å². The van der Waals surface area contributed by atoms with Crippen LogP contribution in [0.3, 0.4) is 0 Å². The van der Waals surface area contributed by atoms with Crippen LogP contribution in [0.25, 0.3) is 0 Å². The van der Waals surface area contributed by atoms with E-state index < -0.39 is 5.41 Å². The molecule has 18 heavy (non-hydrogen) atoms. The van der Waals surface area contributed by atoms with Crippen LogP contribution in [0.5, 0.6) is 0 Å². The average molecular weight is 247 g/mol. The van der Waals surface area contributed by atoms with Gasteiger partial charge in [0.05, 0.1) is 12.7 Å². The number of methoxy groups -OCH3 is 1. The number of carbonyl (C=O) groups excluding carboxylic acids is 2. The largest absolute Gasteiger partial charge is 0.465 e. The molecule has 0 aromatic heterocycles. The minimum absolute atomic E-state index is 0.181. The Morgan fingerprint density at radius 2 is 1.72 bits per heavy atom. The number of hydrogen-bond acceptors (Lipinski definition) is 3. The van der Waals surface area contributed by atoms with Crippen molar-refractivity contribution in [2.75, 3.05) is 7.11 Å². The van der Waals surface area contributed by atoms with Gasteiger partial charge in [0.15, 0.2) is 0 Å². The first-order valence-electron chi connectivity index (χ1n) is 5.61. The standard InChI is InChI=1S/C14H17NO3/c1-14(2,3)13(17)15-9-10-5-7-11(8-6-10)12(16)18-4/h5-9H,1-4H3. The molecule has 0 saturated carbocycles. The summed E-state index contributed by atoms with van der Waals surface area (Å²) in [5.41, 5.74) is 0.750. The number of hydrogen-bond donors (Lipinski definition) is 0. The molecule has 0 unspecified atom stereocenters. The third-order valence-electron chi connectivity index (χ3n) is 2.30. The Morgan fingerprint density at radius 1 is 1.17 bits per heavy atom. The highest BCUT2D eigenvalue weighted by Gasteiger charge is 2.19. The molecule has 1 aromatic rings. The third-order valence-corrected chi connectivity index (χ3v) is 2.30. The lowest BCUT2D eigenvalue weighted by Gasteiger charge is -2.11. The van der Waals surface area contributed by atoms with Crippen molar-refractivity contribution in [3.63, 3.8) is 0 Å². The monoisotopic (exact) mass is 247 g/mol. The van der Waals surface area contributed by atoms with Crippen molar-refractivity contribution in [1.29, 1.82) is 0 Å². The van der Waals surface area contributed by atoms with E-state index in [0.29, 0.717) is 5.56 Å². The molecule has 0 heterocycles. The minimum Gasteiger partial charge on any atom is -0.465 e. The fourth-order valence-corrected chi connectivity index (χ4v) is 1.15. The van der Waals surface area contributed by atoms with Crippen molar-refractivity contribution < 1.29 is 14.3 Å². The second-order valence-corrected chi connectivity index (χ2v) is 4.93. The highest BCUT2D eigenvalue weighted by Crippen LogP contribution is 2.15. The Kier molecular flexibility index (Phi) is 4.37. The van der Waals surface area contributed by atoms with Crippen LogP contribution >= 0.6 is 0 Å². The van der Waals surface area contributed by atoms with E-state index >= 15 is 0 Å². The van der Waals surface area contributed by atoms with Crippen LogP contribution in [0.4, 0.5) is 0 Å². The van der Waals surface area contributed by atoms with Crippen LogP contribution in [0.2, 0.25) is 0 Å². The quantitative estimate of drug-likeness (QED) is 0.596. The van der Waals surface area contributed by atoms with E-state index in [1.807, 2.05) is 20.8 Å². The zero-order chi connectivity index (χ0) is 13.8. The number of rotatable bonds is 2. The summed E-state index contributed by atoms with van der Waals surface area (Å²) in [6.07, 6.45) is 1.49. The molecule has 96 valence electrons. The van der Waals surface area contributed by atoms with Gasteiger partial charge in [0.2, 0.25) is 0 Å². The van der Waals surface area contributed by atoms with Gasteiger partial charge in [0, 0.05) is 11.6 Å². The molecular formula is C14H17NO3. The van der Waals surface area contributed by atoms with E-state index in [1.165, 1.54) is 13.3 Å². The molecule has 0 spiro atoms. The van der Waals surface area contributed by atoms with Crippen molar-refractivity contribution in [2.24, 2.45) is 10.4 Å². The van der Waals surface area contributed by atoms with Gasteiger partial charge in [-0.2, -0.15) is 0 Å². The maximum absolute atomic E-state index is 11.6. The fourth-order valence-electron chi connectivity index (χ4n) is 1.15. The second-order valence-electron chi connectivity index (χ2n) is 4.93. The first-order chi connectivity index (χ1) is 8.34. The Balaban J connectivity index is 2.79. The maximum Gasteiger partial charge on any atom is 0.337 e. The zero-order valence-electron chi connectivity index (χ0n) is 11.1. The molecule has 4 nitrogen and oxygen atoms in total. The van der Waals surface area contributed by atoms with Gasteiger partial charge in [-0.3, -0.25) is 4.79 Å². The SMILES string of the molecule is COC(=O)c1ccc(C=NC(=O)C(C)(C)C)cc1. The highest BCUT2D eigenvalue weighted by atomic mass is 16.5. The molecule has 1 rings (SSSR count). The number of nitrogens with zero attached hydrogens (tertiary/aromatic N) is 1. The number of esters is 1. The summed E-state index contributed by atoms with van der Waals surface area (Å²) in [4.78, 5) is 26.7. The zero-order valence-corrected chi connectivity index (χ0v) is 11.1. The van der Waals surface area contributed by atoms with Crippen LogP contribution in [0.15, 0.2) is 29.3 Å². The smallest absolute Gasteiger partial charge is 0.337 e. The minimum atomic E-state index is -0.484. The number of carbonyl (C=O) groups is 2. The van der Waals surface area contributed by atoms with Gasteiger partial charge in [0.1, 0.15) is 0 Å². The van der Waals surface area contributed by atoms with Crippen LogP contribution in [-0.4, -0.2) is 25.2 Å². The highest BCUT2D eigenvalue weighted by molar-refractivity contribution is 5.95. The lowest BCUT2D eigenvalue weighted by atomic mass is 9.96. The average Bonchev–Trinajstić information content (AvgIpc) is 2.34. The molecule has 0 aliphatic carbocycles. The van der Waals surface area contributed by atoms with Crippen molar-refractivity contribution in [2.45, 2.75) is 20.8 Å². The molecule has 0 aliphatic rings. The Morgan fingerprint density at radius 3 is 2.17 bits per heavy atom. The first-order valence-corrected chi connectivity index (χ1v) is 5.61. The normalized spacial score (nSPS) is 11.6. The molecule has 0 bridgehead atoms. The lowest BCUT2D eigenvalue weighted by Crippen LogP contribution is -2.17. The van der Waals surface area contributed by atoms with E-state index in [-0.39, 0.29) is 11.9 Å². The van der Waals surface area contributed by atoms with Crippen LogP contribution < -0.4 is 0 Å². The van der Waals surface area contributed by atoms with Crippen molar-refractivity contribution >= 4 is 18.1 Å². The summed E-state index contributed by atoms with van der Waals surface area (Å²) >= 11 is 0. The topological polar surface area (TPSA) is 55.7 Å². The van der Waals surface area contributed by atoms with E-state index in [9.17, 15) is 9.59 Å². The Bertz CT molecular complexity index is 467. The van der Waals surface area contributed by atoms with Crippen LogP contribution in [0, 0.1) is 5.41 Å². The van der Waals surface area contributed by atoms with E-state index in [0.717, 1.165) is 5.56 Å². The molecule has 0 saturated heterocycles. The van der Waals surface area contributed by atoms with Crippen LogP contribution in [0.1, 0.15) is 36.7 Å². The summed E-state index contributed by atoms with van der Waals surface area (Å²) in [6.45, 7) is 5.44. The molecule has 0 atom stereocenters. The van der Waals surface area contributed by atoms with Gasteiger partial charge in [-0.1, -0.05) is 32.9 Å². The van der Waals surface area contributed by atoms with Gasteiger partial charge in [-0.15, -0.1) is 0 Å². The first kappa shape index (κ1) is 14.1. The second kappa shape index (κ2) is 5.58. The predicted octanol–water partition coefficient (Wildman–Crippen LogP) is 2.46. The maximum atomic E-state index is 11.6. The number of ether oxygens (including phenoxy) is 1. The summed E-state index contributed by atoms with van der Waals surface area (Å²) in [5, 5.41) is 0. The Hall–Kier alpha value is -1.97. The number of benzene rings is 1. The number of aliphatic imine (C=N–C) groups is 1. The molecule has 0 N–H and O–H groups in total. The summed E-state index contributed by atoms with van der Waals surface area (Å²) < 4.78 is 4.59. The molecule has 0 aliphatic heterocycles. The van der Waals surface area contributed by atoms with Crippen molar-refractivity contribution in [1.82, 2.24) is 0 Å². The van der Waals surface area contributed by atoms with E-state index in [2.05, 4.69) is 9.73 Å². The number of amides is 1. The Labute approximate surface area is 107 Å². The van der Waals surface area contributed by atoms with Crippen LogP contribution in [-0.2, 0) is 9.53 Å². The van der Waals surface area contributed by atoms with Gasteiger partial charge in [-0.05, 0) is 17.7 Å². The molecule has 0 fully saturated rings. The summed E-state index contributed by atoms with van der Waals surface area (Å²) in [5.74, 6) is -0.566. The van der Waals surface area contributed by atoms with E-state index in [1.54, 1.807) is 24.3 Å². The lowest BCUT2D eigenvalue weighted by molar-refractivity contribution is -0.124. The predicted molar refractivity (Wildman–Crippen MR) is 69.8 cm³/mol. The third kappa shape index (κ3) is 3.80. The van der Waals surface area contributed by atoms with Gasteiger partial charge in [0.25, 0.3) is 5.91 Å². The van der Waals surface area contributed by atoms with Gasteiger partial charge < -0.3 is 4.74 Å². The molecular weight excluding hydrogens is 230 g/mol. The molecule has 0 radical (unpaired) electrons. The molecule has 4 heteroatoms. The van der Waals surface area contributed by atoms with Gasteiger partial charge >= 0.3 is 5.97 Å². The summed E-state index contributed by atoms with van der Waals surface area (Å²) in [6, 6.07) is 6.70. The molecule has 1 amide bonds. The van der Waals surface area contributed by atoms with Gasteiger partial charge in [-0.25, -0.2) is 9.79 Å². The van der Waals surface area contributed by atoms with Crippen molar-refractivity contribution in [3.05, 3.63) is 35.4 Å². The fraction of sp³-hybridized carbons (Fsp3) is 0.357. The molecule has 1 aromatic carbocycles. The van der Waals surface area contributed by atoms with E-state index in [4.69, 9.17) is 0 Å².